The van der Waals surface area contributed by atoms with E-state index in [1.165, 1.54) is 49.1 Å². The summed E-state index contributed by atoms with van der Waals surface area (Å²) in [5.74, 6) is 0.714. The molecule has 1 aliphatic heterocycles. The number of benzene rings is 9. The molecule has 4 nitrogen and oxygen atoms in total. The molecule has 4 heteroatoms. The first kappa shape index (κ1) is 30.9. The van der Waals surface area contributed by atoms with Crippen molar-refractivity contribution in [3.8, 4) is 39.5 Å². The van der Waals surface area contributed by atoms with Crippen LogP contribution in [0.3, 0.4) is 0 Å². The molecule has 0 saturated carbocycles. The molecule has 12 rings (SSSR count). The van der Waals surface area contributed by atoms with E-state index in [1.807, 2.05) is 0 Å². The molecule has 0 spiro atoms. The summed E-state index contributed by atoms with van der Waals surface area (Å²) in [4.78, 5) is 13.1. The maximum absolute atomic E-state index is 5.40. The number of hydrogen-bond donors (Lipinski definition) is 0. The van der Waals surface area contributed by atoms with Crippen LogP contribution in [0.25, 0.3) is 93.7 Å². The lowest BCUT2D eigenvalue weighted by atomic mass is 9.88. The molecule has 260 valence electrons. The average molecular weight is 713 g/mol. The summed E-state index contributed by atoms with van der Waals surface area (Å²) in [5, 5.41) is 8.23. The van der Waals surface area contributed by atoms with E-state index in [1.54, 1.807) is 0 Å². The molecule has 0 atom stereocenters. The van der Waals surface area contributed by atoms with Gasteiger partial charge in [-0.15, -0.1) is 0 Å². The van der Waals surface area contributed by atoms with Crippen molar-refractivity contribution in [3.63, 3.8) is 0 Å². The van der Waals surface area contributed by atoms with Gasteiger partial charge in [0.05, 0.1) is 39.3 Å². The van der Waals surface area contributed by atoms with Gasteiger partial charge in [-0.1, -0.05) is 140 Å². The van der Waals surface area contributed by atoms with E-state index < -0.39 is 0 Å². The fourth-order valence-electron chi connectivity index (χ4n) is 9.06. The third kappa shape index (κ3) is 4.47. The summed E-state index contributed by atoms with van der Waals surface area (Å²) in [5.41, 5.74) is 13.2. The lowest BCUT2D eigenvalue weighted by Gasteiger charge is -2.35. The van der Waals surface area contributed by atoms with Gasteiger partial charge in [0.2, 0.25) is 0 Å². The Morgan fingerprint density at radius 1 is 0.393 bits per heavy atom. The molecular weight excluding hydrogens is 681 g/mol. The van der Waals surface area contributed by atoms with E-state index in [9.17, 15) is 0 Å². The van der Waals surface area contributed by atoms with Crippen molar-refractivity contribution >= 4 is 71.3 Å². The van der Waals surface area contributed by atoms with Crippen LogP contribution in [0.1, 0.15) is 0 Å². The van der Waals surface area contributed by atoms with Crippen LogP contribution < -0.4 is 4.90 Å². The molecular formula is C52H32N4. The maximum Gasteiger partial charge on any atom is 0.161 e. The van der Waals surface area contributed by atoms with Crippen molar-refractivity contribution in [2.45, 2.75) is 0 Å². The molecule has 0 amide bonds. The number of fused-ring (bicyclic) bond motifs is 7. The number of rotatable bonds is 4. The standard InChI is InChI=1S/C52H32N4/c1-2-16-36(17-3-1)55-47-31-30-42(52-53-44-24-9-6-20-43(44)50(54-52)35-29-28-33-14-4-5-15-34(33)32-35)40-22-12-21-39(49(40)47)41-23-13-27-48(51(41)55)56-45-25-10-7-18-37(45)38-19-8-11-26-46(38)56/h1-32H. The highest BCUT2D eigenvalue weighted by molar-refractivity contribution is 6.19. The zero-order chi connectivity index (χ0) is 36.7. The number of nitrogens with zero attached hydrogens (tertiary/aromatic N) is 4. The van der Waals surface area contributed by atoms with Crippen molar-refractivity contribution in [1.29, 1.82) is 0 Å². The molecule has 1 aliphatic rings. The van der Waals surface area contributed by atoms with E-state index >= 15 is 0 Å². The topological polar surface area (TPSA) is 34.0 Å². The molecule has 56 heavy (non-hydrogen) atoms. The summed E-state index contributed by atoms with van der Waals surface area (Å²) in [6, 6.07) is 69.6. The fraction of sp³-hybridized carbons (Fsp3) is 0. The Morgan fingerprint density at radius 3 is 1.88 bits per heavy atom. The van der Waals surface area contributed by atoms with Crippen LogP contribution >= 0.6 is 0 Å². The molecule has 0 unspecified atom stereocenters. The smallest absolute Gasteiger partial charge is 0.161 e. The molecule has 0 fully saturated rings. The normalized spacial score (nSPS) is 12.2. The van der Waals surface area contributed by atoms with Crippen molar-refractivity contribution in [2.75, 3.05) is 4.90 Å². The number of para-hydroxylation sites is 5. The molecule has 2 aromatic heterocycles. The van der Waals surface area contributed by atoms with Gasteiger partial charge in [0.25, 0.3) is 0 Å². The summed E-state index contributed by atoms with van der Waals surface area (Å²) in [6.45, 7) is 0. The molecule has 3 heterocycles. The highest BCUT2D eigenvalue weighted by Gasteiger charge is 2.31. The van der Waals surface area contributed by atoms with Gasteiger partial charge >= 0.3 is 0 Å². The Labute approximate surface area is 323 Å². The van der Waals surface area contributed by atoms with Crippen LogP contribution in [-0.4, -0.2) is 14.5 Å². The van der Waals surface area contributed by atoms with E-state index in [0.717, 1.165) is 55.9 Å². The minimum atomic E-state index is 0.714. The van der Waals surface area contributed by atoms with Gasteiger partial charge in [0.1, 0.15) is 0 Å². The Kier molecular flexibility index (Phi) is 6.60. The zero-order valence-electron chi connectivity index (χ0n) is 30.3. The van der Waals surface area contributed by atoms with Gasteiger partial charge in [-0.25, -0.2) is 9.97 Å². The Bertz CT molecular complexity index is 3330. The largest absolute Gasteiger partial charge is 0.307 e. The van der Waals surface area contributed by atoms with Gasteiger partial charge in [-0.2, -0.15) is 0 Å². The third-order valence-electron chi connectivity index (χ3n) is 11.5. The fourth-order valence-corrected chi connectivity index (χ4v) is 9.06. The molecule has 9 aromatic carbocycles. The monoisotopic (exact) mass is 712 g/mol. The first-order valence-corrected chi connectivity index (χ1v) is 19.1. The lowest BCUT2D eigenvalue weighted by molar-refractivity contribution is 1.15. The van der Waals surface area contributed by atoms with Crippen LogP contribution in [0.4, 0.5) is 17.1 Å². The van der Waals surface area contributed by atoms with Gasteiger partial charge in [0, 0.05) is 43.9 Å². The van der Waals surface area contributed by atoms with Crippen LogP contribution in [-0.2, 0) is 0 Å². The summed E-state index contributed by atoms with van der Waals surface area (Å²) >= 11 is 0. The predicted molar refractivity (Wildman–Crippen MR) is 233 cm³/mol. The van der Waals surface area contributed by atoms with Crippen molar-refractivity contribution in [3.05, 3.63) is 194 Å². The maximum atomic E-state index is 5.40. The van der Waals surface area contributed by atoms with E-state index in [2.05, 4.69) is 204 Å². The van der Waals surface area contributed by atoms with E-state index in [0.29, 0.717) is 5.82 Å². The Morgan fingerprint density at radius 2 is 1.05 bits per heavy atom. The first-order chi connectivity index (χ1) is 27.8. The van der Waals surface area contributed by atoms with E-state index in [4.69, 9.17) is 9.97 Å². The lowest BCUT2D eigenvalue weighted by Crippen LogP contribution is -2.17. The van der Waals surface area contributed by atoms with Crippen molar-refractivity contribution in [1.82, 2.24) is 14.5 Å². The van der Waals surface area contributed by atoms with Gasteiger partial charge in [-0.3, -0.25) is 0 Å². The molecule has 0 saturated heterocycles. The third-order valence-corrected chi connectivity index (χ3v) is 11.5. The summed E-state index contributed by atoms with van der Waals surface area (Å²) < 4.78 is 2.44. The second-order valence-corrected chi connectivity index (χ2v) is 14.5. The summed E-state index contributed by atoms with van der Waals surface area (Å²) in [7, 11) is 0. The minimum absolute atomic E-state index is 0.714. The van der Waals surface area contributed by atoms with Crippen molar-refractivity contribution < 1.29 is 0 Å². The highest BCUT2D eigenvalue weighted by Crippen LogP contribution is 2.55. The van der Waals surface area contributed by atoms with Gasteiger partial charge in [-0.05, 0) is 76.3 Å². The SMILES string of the molecule is c1ccc(N2c3c(cccc3-n3c4ccccc4c4ccccc43)-c3cccc4c(-c5nc(-c6ccc7ccccc7c6)c6ccccc6n5)ccc2c34)cc1. The number of hydrogen-bond acceptors (Lipinski definition) is 3. The summed E-state index contributed by atoms with van der Waals surface area (Å²) in [6.07, 6.45) is 0. The van der Waals surface area contributed by atoms with Crippen LogP contribution in [0, 0.1) is 0 Å². The van der Waals surface area contributed by atoms with Crippen molar-refractivity contribution in [2.24, 2.45) is 0 Å². The first-order valence-electron chi connectivity index (χ1n) is 19.1. The molecule has 0 bridgehead atoms. The van der Waals surface area contributed by atoms with Gasteiger partial charge in [0.15, 0.2) is 5.82 Å². The average Bonchev–Trinajstić information content (AvgIpc) is 3.60. The van der Waals surface area contributed by atoms with Gasteiger partial charge < -0.3 is 9.47 Å². The quantitative estimate of drug-likeness (QED) is 0.182. The van der Waals surface area contributed by atoms with E-state index in [-0.39, 0.29) is 0 Å². The minimum Gasteiger partial charge on any atom is -0.307 e. The predicted octanol–water partition coefficient (Wildman–Crippen LogP) is 13.8. The molecule has 0 N–H and O–H groups in total. The number of anilines is 3. The molecule has 0 radical (unpaired) electrons. The Balaban J connectivity index is 1.13. The second-order valence-electron chi connectivity index (χ2n) is 14.5. The van der Waals surface area contributed by atoms with Crippen LogP contribution in [0.2, 0.25) is 0 Å². The Hall–Kier alpha value is -7.56. The zero-order valence-corrected chi connectivity index (χ0v) is 30.3. The van der Waals surface area contributed by atoms with Crippen LogP contribution in [0.15, 0.2) is 194 Å². The number of aromatic nitrogens is 3. The molecule has 11 aromatic rings. The van der Waals surface area contributed by atoms with Crippen LogP contribution in [0.5, 0.6) is 0 Å². The highest BCUT2D eigenvalue weighted by atomic mass is 15.2. The molecule has 0 aliphatic carbocycles. The second kappa shape index (κ2) is 12.0.